The molecule has 0 fully saturated rings. The monoisotopic (exact) mass is 318 g/mol. The van der Waals surface area contributed by atoms with E-state index in [9.17, 15) is 19.2 Å². The maximum Gasteiger partial charge on any atom is 0.256 e. The highest BCUT2D eigenvalue weighted by atomic mass is 16.2. The summed E-state index contributed by atoms with van der Waals surface area (Å²) in [5.74, 6) is -0.795. The summed E-state index contributed by atoms with van der Waals surface area (Å²) >= 11 is 0. The van der Waals surface area contributed by atoms with Gasteiger partial charge in [0.05, 0.1) is 0 Å². The van der Waals surface area contributed by atoms with Gasteiger partial charge in [0.2, 0.25) is 0 Å². The molecule has 1 atom stereocenters. The minimum absolute atomic E-state index is 0.170. The van der Waals surface area contributed by atoms with Gasteiger partial charge in [-0.25, -0.2) is 0 Å². The van der Waals surface area contributed by atoms with Crippen LogP contribution >= 0.6 is 0 Å². The van der Waals surface area contributed by atoms with Crippen LogP contribution < -0.4 is 0 Å². The predicted octanol–water partition coefficient (Wildman–Crippen LogP) is 1.42. The molecular formula is C17H22N2O4. The molecule has 2 aliphatic rings. The van der Waals surface area contributed by atoms with E-state index >= 15 is 0 Å². The van der Waals surface area contributed by atoms with Crippen LogP contribution in [0.5, 0.6) is 0 Å². The topological polar surface area (TPSA) is 74.8 Å². The van der Waals surface area contributed by atoms with Crippen LogP contribution in [0.4, 0.5) is 0 Å². The second-order valence-corrected chi connectivity index (χ2v) is 6.12. The maximum absolute atomic E-state index is 11.9. The van der Waals surface area contributed by atoms with Gasteiger partial charge in [-0.15, -0.1) is 0 Å². The molecule has 2 aliphatic heterocycles. The van der Waals surface area contributed by atoms with E-state index in [-0.39, 0.29) is 29.5 Å². The summed E-state index contributed by atoms with van der Waals surface area (Å²) in [7, 11) is 0. The minimum atomic E-state index is -0.259. The number of hydrogen-bond acceptors (Lipinski definition) is 4. The first kappa shape index (κ1) is 17.1. The van der Waals surface area contributed by atoms with Crippen molar-refractivity contribution in [2.45, 2.75) is 40.0 Å². The molecule has 0 aliphatic carbocycles. The largest absolute Gasteiger partial charge is 0.275 e. The van der Waals surface area contributed by atoms with Crippen molar-refractivity contribution in [2.24, 2.45) is 5.92 Å². The average Bonchev–Trinajstić information content (AvgIpc) is 2.88. The van der Waals surface area contributed by atoms with Crippen LogP contribution in [-0.4, -0.2) is 46.5 Å². The molecule has 6 heteroatoms. The lowest BCUT2D eigenvalue weighted by molar-refractivity contribution is -0.138. The molecule has 1 unspecified atom stereocenters. The van der Waals surface area contributed by atoms with E-state index in [2.05, 4.69) is 0 Å². The van der Waals surface area contributed by atoms with E-state index in [1.807, 2.05) is 6.92 Å². The lowest BCUT2D eigenvalue weighted by Gasteiger charge is -2.22. The highest BCUT2D eigenvalue weighted by molar-refractivity contribution is 6.16. The van der Waals surface area contributed by atoms with Gasteiger partial charge in [-0.1, -0.05) is 13.3 Å². The van der Waals surface area contributed by atoms with Crippen molar-refractivity contribution in [3.8, 4) is 0 Å². The quantitative estimate of drug-likeness (QED) is 0.665. The Bertz CT molecular complexity index is 618. The first-order valence-corrected chi connectivity index (χ1v) is 7.93. The van der Waals surface area contributed by atoms with Crippen molar-refractivity contribution in [1.29, 1.82) is 0 Å². The molecule has 0 saturated carbocycles. The highest BCUT2D eigenvalue weighted by Gasteiger charge is 2.31. The van der Waals surface area contributed by atoms with Crippen molar-refractivity contribution in [3.05, 3.63) is 23.3 Å². The van der Waals surface area contributed by atoms with Crippen LogP contribution in [0.2, 0.25) is 0 Å². The second kappa shape index (κ2) is 6.89. The van der Waals surface area contributed by atoms with E-state index in [1.165, 1.54) is 22.0 Å². The molecule has 6 nitrogen and oxygen atoms in total. The summed E-state index contributed by atoms with van der Waals surface area (Å²) in [5, 5.41) is 0. The molecule has 0 N–H and O–H groups in total. The van der Waals surface area contributed by atoms with E-state index in [4.69, 9.17) is 0 Å². The summed E-state index contributed by atoms with van der Waals surface area (Å²) < 4.78 is 0. The summed E-state index contributed by atoms with van der Waals surface area (Å²) in [6.45, 7) is 6.05. The molecule has 0 bridgehead atoms. The molecule has 2 rings (SSSR count). The van der Waals surface area contributed by atoms with Crippen molar-refractivity contribution >= 4 is 23.6 Å². The standard InChI is InChI=1S/C17H22N2O4/c1-4-13(10-19-15(21)9-12(3)17(19)23)6-5-7-18-14(20)8-11(2)16(18)22/h8-9,13H,4-7,10H2,1-3H3. The van der Waals surface area contributed by atoms with Gasteiger partial charge in [0.1, 0.15) is 0 Å². The number of amides is 4. The van der Waals surface area contributed by atoms with Gasteiger partial charge in [0.25, 0.3) is 23.6 Å². The Morgan fingerprint density at radius 1 is 0.913 bits per heavy atom. The molecule has 0 saturated heterocycles. The minimum Gasteiger partial charge on any atom is -0.275 e. The number of hydrogen-bond donors (Lipinski definition) is 0. The first-order chi connectivity index (χ1) is 10.8. The normalized spacial score (nSPS) is 19.6. The summed E-state index contributed by atoms with van der Waals surface area (Å²) in [6.07, 6.45) is 4.97. The number of carbonyl (C=O) groups excluding carboxylic acids is 4. The fourth-order valence-electron chi connectivity index (χ4n) is 2.88. The number of carbonyl (C=O) groups is 4. The van der Waals surface area contributed by atoms with E-state index < -0.39 is 0 Å². The van der Waals surface area contributed by atoms with Crippen LogP contribution in [0.15, 0.2) is 23.3 Å². The van der Waals surface area contributed by atoms with Crippen LogP contribution in [0, 0.1) is 5.92 Å². The fraction of sp³-hybridized carbons (Fsp3) is 0.529. The summed E-state index contributed by atoms with van der Waals surface area (Å²) in [5.41, 5.74) is 0.941. The van der Waals surface area contributed by atoms with Crippen LogP contribution in [0.1, 0.15) is 40.0 Å². The van der Waals surface area contributed by atoms with Gasteiger partial charge < -0.3 is 0 Å². The fourth-order valence-corrected chi connectivity index (χ4v) is 2.88. The van der Waals surface area contributed by atoms with E-state index in [0.29, 0.717) is 30.7 Å². The van der Waals surface area contributed by atoms with Gasteiger partial charge in [0, 0.05) is 36.4 Å². The second-order valence-electron chi connectivity index (χ2n) is 6.12. The average molecular weight is 318 g/mol. The van der Waals surface area contributed by atoms with E-state index in [1.54, 1.807) is 13.8 Å². The van der Waals surface area contributed by atoms with Crippen molar-refractivity contribution in [3.63, 3.8) is 0 Å². The van der Waals surface area contributed by atoms with Gasteiger partial charge >= 0.3 is 0 Å². The molecule has 0 spiro atoms. The third-order valence-corrected chi connectivity index (χ3v) is 4.39. The lowest BCUT2D eigenvalue weighted by atomic mass is 9.99. The molecule has 0 aromatic heterocycles. The highest BCUT2D eigenvalue weighted by Crippen LogP contribution is 2.20. The van der Waals surface area contributed by atoms with Gasteiger partial charge in [-0.05, 0) is 32.6 Å². The van der Waals surface area contributed by atoms with Gasteiger partial charge in [0.15, 0.2) is 0 Å². The predicted molar refractivity (Wildman–Crippen MR) is 84.0 cm³/mol. The third kappa shape index (κ3) is 3.57. The Kier molecular flexibility index (Phi) is 5.13. The van der Waals surface area contributed by atoms with Crippen LogP contribution in [0.3, 0.4) is 0 Å². The first-order valence-electron chi connectivity index (χ1n) is 7.93. The number of rotatable bonds is 7. The Labute approximate surface area is 135 Å². The third-order valence-electron chi connectivity index (χ3n) is 4.39. The molecule has 4 amide bonds. The molecule has 0 aromatic rings. The summed E-state index contributed by atoms with van der Waals surface area (Å²) in [6, 6.07) is 0. The van der Waals surface area contributed by atoms with Crippen molar-refractivity contribution < 1.29 is 19.2 Å². The maximum atomic E-state index is 11.9. The molecule has 0 aromatic carbocycles. The Balaban J connectivity index is 1.82. The Morgan fingerprint density at radius 3 is 1.87 bits per heavy atom. The number of nitrogens with zero attached hydrogens (tertiary/aromatic N) is 2. The zero-order valence-electron chi connectivity index (χ0n) is 13.8. The van der Waals surface area contributed by atoms with Gasteiger partial charge in [-0.3, -0.25) is 29.0 Å². The summed E-state index contributed by atoms with van der Waals surface area (Å²) in [4.78, 5) is 49.7. The van der Waals surface area contributed by atoms with Crippen molar-refractivity contribution in [1.82, 2.24) is 9.80 Å². The Hall–Kier alpha value is -2.24. The van der Waals surface area contributed by atoms with Crippen LogP contribution in [0.25, 0.3) is 0 Å². The molecule has 0 radical (unpaired) electrons. The SMILES string of the molecule is CCC(CCCN1C(=O)C=C(C)C1=O)CN1C(=O)C=C(C)C1=O. The molecular weight excluding hydrogens is 296 g/mol. The Morgan fingerprint density at radius 2 is 1.43 bits per heavy atom. The van der Waals surface area contributed by atoms with Crippen molar-refractivity contribution in [2.75, 3.05) is 13.1 Å². The number of imide groups is 2. The van der Waals surface area contributed by atoms with Gasteiger partial charge in [-0.2, -0.15) is 0 Å². The zero-order valence-corrected chi connectivity index (χ0v) is 13.8. The van der Waals surface area contributed by atoms with E-state index in [0.717, 1.165) is 12.8 Å². The zero-order chi connectivity index (χ0) is 17.1. The van der Waals surface area contributed by atoms with Crippen LogP contribution in [-0.2, 0) is 19.2 Å². The smallest absolute Gasteiger partial charge is 0.256 e. The molecule has 23 heavy (non-hydrogen) atoms. The molecule has 124 valence electrons. The lowest BCUT2D eigenvalue weighted by Crippen LogP contribution is -2.36. The molecule has 2 heterocycles.